The van der Waals surface area contributed by atoms with Gasteiger partial charge in [-0.05, 0) is 63.2 Å². The molecule has 5 rings (SSSR count). The molecule has 4 aliphatic rings. The number of urea groups is 1. The summed E-state index contributed by atoms with van der Waals surface area (Å²) in [7, 11) is 0. The van der Waals surface area contributed by atoms with Crippen molar-refractivity contribution >= 4 is 17.6 Å². The lowest BCUT2D eigenvalue weighted by Gasteiger charge is -2.32. The van der Waals surface area contributed by atoms with Crippen LogP contribution in [0.15, 0.2) is 24.3 Å². The number of carbonyl (C=O) groups excluding carboxylic acids is 2. The maximum absolute atomic E-state index is 12.9. The summed E-state index contributed by atoms with van der Waals surface area (Å²) in [5.41, 5.74) is 1.55. The number of hydrogen-bond donors (Lipinski definition) is 1. The quantitative estimate of drug-likeness (QED) is 0.908. The first-order valence-electron chi connectivity index (χ1n) is 9.13. The fourth-order valence-corrected chi connectivity index (χ4v) is 5.15. The highest BCUT2D eigenvalue weighted by atomic mass is 16.2. The normalized spacial score (nSPS) is 25.8. The van der Waals surface area contributed by atoms with Gasteiger partial charge in [0.15, 0.2) is 0 Å². The third-order valence-corrected chi connectivity index (χ3v) is 6.61. The summed E-state index contributed by atoms with van der Waals surface area (Å²) in [6.45, 7) is 2.94. The van der Waals surface area contributed by atoms with Crippen LogP contribution in [-0.2, 0) is 10.2 Å². The molecule has 1 N–H and O–H groups in total. The molecule has 0 atom stereocenters. The van der Waals surface area contributed by atoms with Gasteiger partial charge in [-0.3, -0.25) is 9.69 Å². The number of amides is 3. The molecule has 1 spiro atoms. The number of fused-ring (bicyclic) bond motifs is 3. The number of benzene rings is 1. The number of rotatable bonds is 2. The standard InChI is InChI=1S/C19H23N3O2/c23-16-19(9-10-19)14-5-1-2-6-15(14)22(16)17(24)20-13-18-7-3-11-21(18)12-4-8-18/h1-2,5-6H,3-4,7-13H2,(H,20,24). The van der Waals surface area contributed by atoms with Crippen LogP contribution >= 0.6 is 0 Å². The summed E-state index contributed by atoms with van der Waals surface area (Å²) in [6.07, 6.45) is 6.47. The maximum atomic E-state index is 12.9. The molecular weight excluding hydrogens is 302 g/mol. The molecule has 24 heavy (non-hydrogen) atoms. The number of carbonyl (C=O) groups is 2. The molecule has 3 fully saturated rings. The van der Waals surface area contributed by atoms with E-state index in [0.717, 1.165) is 50.0 Å². The van der Waals surface area contributed by atoms with E-state index in [2.05, 4.69) is 10.2 Å². The Morgan fingerprint density at radius 3 is 2.50 bits per heavy atom. The van der Waals surface area contributed by atoms with E-state index in [1.54, 1.807) is 0 Å². The van der Waals surface area contributed by atoms with Crippen molar-refractivity contribution in [3.05, 3.63) is 29.8 Å². The van der Waals surface area contributed by atoms with Crippen molar-refractivity contribution < 1.29 is 9.59 Å². The van der Waals surface area contributed by atoms with Gasteiger partial charge in [0.05, 0.1) is 11.1 Å². The van der Waals surface area contributed by atoms with Crippen molar-refractivity contribution in [1.82, 2.24) is 10.2 Å². The van der Waals surface area contributed by atoms with Gasteiger partial charge in [-0.25, -0.2) is 9.69 Å². The monoisotopic (exact) mass is 325 g/mol. The summed E-state index contributed by atoms with van der Waals surface area (Å²) in [4.78, 5) is 29.6. The third-order valence-electron chi connectivity index (χ3n) is 6.61. The Bertz CT molecular complexity index is 715. The number of para-hydroxylation sites is 1. The lowest BCUT2D eigenvalue weighted by molar-refractivity contribution is -0.119. The molecule has 3 heterocycles. The molecule has 126 valence electrons. The highest BCUT2D eigenvalue weighted by Crippen LogP contribution is 2.57. The van der Waals surface area contributed by atoms with Crippen LogP contribution in [0.1, 0.15) is 44.1 Å². The van der Waals surface area contributed by atoms with E-state index in [4.69, 9.17) is 0 Å². The molecule has 0 aromatic heterocycles. The van der Waals surface area contributed by atoms with E-state index >= 15 is 0 Å². The van der Waals surface area contributed by atoms with Crippen LogP contribution in [0, 0.1) is 0 Å². The molecule has 5 heteroatoms. The van der Waals surface area contributed by atoms with Gasteiger partial charge >= 0.3 is 6.03 Å². The minimum atomic E-state index is -0.404. The number of nitrogens with zero attached hydrogens (tertiary/aromatic N) is 2. The number of hydrogen-bond acceptors (Lipinski definition) is 3. The van der Waals surface area contributed by atoms with Gasteiger partial charge < -0.3 is 5.32 Å². The predicted octanol–water partition coefficient (Wildman–Crippen LogP) is 2.40. The number of anilines is 1. The smallest absolute Gasteiger partial charge is 0.328 e. The fraction of sp³-hybridized carbons (Fsp3) is 0.579. The zero-order valence-electron chi connectivity index (χ0n) is 13.9. The topological polar surface area (TPSA) is 52.7 Å². The molecule has 0 radical (unpaired) electrons. The molecule has 1 aromatic rings. The van der Waals surface area contributed by atoms with Crippen LogP contribution in [0.2, 0.25) is 0 Å². The number of imide groups is 1. The molecular formula is C19H23N3O2. The van der Waals surface area contributed by atoms with E-state index < -0.39 is 5.41 Å². The molecule has 0 bridgehead atoms. The molecule has 3 amide bonds. The van der Waals surface area contributed by atoms with Crippen LogP contribution in [0.5, 0.6) is 0 Å². The van der Waals surface area contributed by atoms with Gasteiger partial charge in [0.2, 0.25) is 5.91 Å². The van der Waals surface area contributed by atoms with Crippen LogP contribution in [0.25, 0.3) is 0 Å². The average molecular weight is 325 g/mol. The van der Waals surface area contributed by atoms with Crippen molar-refractivity contribution in [2.75, 3.05) is 24.5 Å². The highest BCUT2D eigenvalue weighted by molar-refractivity contribution is 6.23. The molecule has 1 saturated carbocycles. The first-order chi connectivity index (χ1) is 11.7. The van der Waals surface area contributed by atoms with Crippen LogP contribution in [0.4, 0.5) is 10.5 Å². The van der Waals surface area contributed by atoms with Gasteiger partial charge in [0, 0.05) is 12.1 Å². The highest BCUT2D eigenvalue weighted by Gasteiger charge is 2.60. The fourth-order valence-electron chi connectivity index (χ4n) is 5.15. The second kappa shape index (κ2) is 4.82. The first-order valence-corrected chi connectivity index (χ1v) is 9.13. The summed E-state index contributed by atoms with van der Waals surface area (Å²) < 4.78 is 0. The lowest BCUT2D eigenvalue weighted by atomic mass is 9.94. The molecule has 1 aromatic carbocycles. The van der Waals surface area contributed by atoms with E-state index in [1.165, 1.54) is 17.7 Å². The zero-order valence-corrected chi connectivity index (χ0v) is 13.9. The van der Waals surface area contributed by atoms with Gasteiger partial charge in [-0.1, -0.05) is 18.2 Å². The zero-order chi connectivity index (χ0) is 16.4. The average Bonchev–Trinajstić information content (AvgIpc) is 3.05. The van der Waals surface area contributed by atoms with E-state index in [-0.39, 0.29) is 17.5 Å². The minimum Gasteiger partial charge on any atom is -0.335 e. The van der Waals surface area contributed by atoms with Gasteiger partial charge in [0.1, 0.15) is 0 Å². The van der Waals surface area contributed by atoms with Crippen molar-refractivity contribution in [3.8, 4) is 0 Å². The lowest BCUT2D eigenvalue weighted by Crippen LogP contribution is -2.52. The summed E-state index contributed by atoms with van der Waals surface area (Å²) in [5.74, 6) is -0.0339. The summed E-state index contributed by atoms with van der Waals surface area (Å²) >= 11 is 0. The van der Waals surface area contributed by atoms with E-state index in [0.29, 0.717) is 6.54 Å². The second-order valence-corrected chi connectivity index (χ2v) is 7.82. The van der Waals surface area contributed by atoms with Crippen molar-refractivity contribution in [1.29, 1.82) is 0 Å². The predicted molar refractivity (Wildman–Crippen MR) is 91.0 cm³/mol. The van der Waals surface area contributed by atoms with Crippen molar-refractivity contribution in [3.63, 3.8) is 0 Å². The van der Waals surface area contributed by atoms with E-state index in [9.17, 15) is 9.59 Å². The Morgan fingerprint density at radius 1 is 1.08 bits per heavy atom. The molecule has 1 aliphatic carbocycles. The first kappa shape index (κ1) is 14.5. The van der Waals surface area contributed by atoms with Crippen molar-refractivity contribution in [2.24, 2.45) is 0 Å². The molecule has 0 unspecified atom stereocenters. The minimum absolute atomic E-state index is 0.0339. The Hall–Kier alpha value is -1.88. The van der Waals surface area contributed by atoms with Gasteiger partial charge in [-0.15, -0.1) is 0 Å². The largest absolute Gasteiger partial charge is 0.335 e. The molecule has 3 aliphatic heterocycles. The molecule has 2 saturated heterocycles. The molecule has 5 nitrogen and oxygen atoms in total. The van der Waals surface area contributed by atoms with Crippen LogP contribution in [0.3, 0.4) is 0 Å². The van der Waals surface area contributed by atoms with Crippen LogP contribution < -0.4 is 10.2 Å². The van der Waals surface area contributed by atoms with Gasteiger partial charge in [-0.2, -0.15) is 0 Å². The summed E-state index contributed by atoms with van der Waals surface area (Å²) in [5, 5.41) is 3.09. The summed E-state index contributed by atoms with van der Waals surface area (Å²) in [6, 6.07) is 7.52. The van der Waals surface area contributed by atoms with E-state index in [1.807, 2.05) is 24.3 Å². The Labute approximate surface area is 142 Å². The van der Waals surface area contributed by atoms with Crippen LogP contribution in [-0.4, -0.2) is 42.0 Å². The Kier molecular flexibility index (Phi) is 2.90. The van der Waals surface area contributed by atoms with Gasteiger partial charge in [0.25, 0.3) is 0 Å². The Balaban J connectivity index is 1.37. The van der Waals surface area contributed by atoms with Crippen molar-refractivity contribution in [2.45, 2.75) is 49.5 Å². The number of nitrogens with one attached hydrogen (secondary N) is 1. The third kappa shape index (κ3) is 1.79. The second-order valence-electron chi connectivity index (χ2n) is 7.82. The Morgan fingerprint density at radius 2 is 1.79 bits per heavy atom. The maximum Gasteiger partial charge on any atom is 0.328 e. The SMILES string of the molecule is O=C(NCC12CCCN1CCC2)N1C(=O)C2(CC2)c2ccccc21.